The first kappa shape index (κ1) is 11.7. The Kier molecular flexibility index (Phi) is 3.77. The van der Waals surface area contributed by atoms with Crippen molar-refractivity contribution in [2.24, 2.45) is 0 Å². The smallest absolute Gasteiger partial charge is 0.162 e. The molecule has 0 aliphatic heterocycles. The largest absolute Gasteiger partial charge is 0.493 e. The number of carbonyl (C=O) groups is 1. The molecule has 2 aromatic rings. The third kappa shape index (κ3) is 2.85. The number of thiophene rings is 1. The summed E-state index contributed by atoms with van der Waals surface area (Å²) in [6.07, 6.45) is 0.789. The number of hydrogen-bond donors (Lipinski definition) is 0. The molecule has 0 spiro atoms. The molecule has 1 aromatic carbocycles. The molecule has 0 unspecified atom stereocenters. The van der Waals surface area contributed by atoms with Gasteiger partial charge in [0.05, 0.1) is 7.11 Å². The molecule has 4 heteroatoms. The van der Waals surface area contributed by atoms with Gasteiger partial charge in [0.15, 0.2) is 11.5 Å². The van der Waals surface area contributed by atoms with Gasteiger partial charge in [-0.2, -0.15) is 11.3 Å². The summed E-state index contributed by atoms with van der Waals surface area (Å²) in [5, 5.41) is 4.02. The number of carbonyl (C=O) groups excluding carboxylic acids is 1. The lowest BCUT2D eigenvalue weighted by Gasteiger charge is -2.10. The van der Waals surface area contributed by atoms with E-state index in [0.717, 1.165) is 11.8 Å². The summed E-state index contributed by atoms with van der Waals surface area (Å²) in [5.41, 5.74) is 1.68. The highest BCUT2D eigenvalue weighted by Gasteiger charge is 2.06. The molecule has 0 N–H and O–H groups in total. The highest BCUT2D eigenvalue weighted by Crippen LogP contribution is 2.28. The summed E-state index contributed by atoms with van der Waals surface area (Å²) in [5.74, 6) is 1.22. The molecule has 17 heavy (non-hydrogen) atoms. The van der Waals surface area contributed by atoms with E-state index in [2.05, 4.69) is 0 Å². The number of aldehydes is 1. The van der Waals surface area contributed by atoms with Crippen LogP contribution >= 0.6 is 11.3 Å². The Morgan fingerprint density at radius 1 is 1.29 bits per heavy atom. The Bertz CT molecular complexity index is 491. The minimum atomic E-state index is 0.474. The molecule has 0 atom stereocenters. The number of ether oxygens (including phenoxy) is 2. The number of rotatable bonds is 5. The van der Waals surface area contributed by atoms with Crippen LogP contribution in [0.25, 0.3) is 0 Å². The van der Waals surface area contributed by atoms with Crippen molar-refractivity contribution in [3.05, 3.63) is 46.2 Å². The maximum Gasteiger partial charge on any atom is 0.162 e. The number of hydrogen-bond acceptors (Lipinski definition) is 4. The molecule has 0 radical (unpaired) electrons. The zero-order valence-corrected chi connectivity index (χ0v) is 10.2. The predicted octanol–water partition coefficient (Wildman–Crippen LogP) is 3.15. The van der Waals surface area contributed by atoms with Crippen molar-refractivity contribution < 1.29 is 14.3 Å². The van der Waals surface area contributed by atoms with Gasteiger partial charge in [-0.1, -0.05) is 0 Å². The van der Waals surface area contributed by atoms with E-state index < -0.39 is 0 Å². The van der Waals surface area contributed by atoms with Gasteiger partial charge in [-0.15, -0.1) is 0 Å². The minimum Gasteiger partial charge on any atom is -0.493 e. The first-order chi connectivity index (χ1) is 8.33. The van der Waals surface area contributed by atoms with Crippen LogP contribution in [0.2, 0.25) is 0 Å². The average molecular weight is 248 g/mol. The van der Waals surface area contributed by atoms with E-state index in [1.54, 1.807) is 36.6 Å². The molecule has 1 aromatic heterocycles. The molecule has 2 rings (SSSR count). The zero-order valence-electron chi connectivity index (χ0n) is 9.38. The second kappa shape index (κ2) is 5.50. The summed E-state index contributed by atoms with van der Waals surface area (Å²) >= 11 is 1.62. The fourth-order valence-electron chi connectivity index (χ4n) is 1.42. The molecule has 0 fully saturated rings. The van der Waals surface area contributed by atoms with E-state index in [9.17, 15) is 4.79 Å². The van der Waals surface area contributed by atoms with E-state index in [4.69, 9.17) is 9.47 Å². The van der Waals surface area contributed by atoms with E-state index in [1.165, 1.54) is 0 Å². The van der Waals surface area contributed by atoms with Crippen molar-refractivity contribution >= 4 is 17.6 Å². The lowest BCUT2D eigenvalue weighted by atomic mass is 10.2. The van der Waals surface area contributed by atoms with Gasteiger partial charge in [-0.3, -0.25) is 4.79 Å². The first-order valence-corrected chi connectivity index (χ1v) is 6.05. The highest BCUT2D eigenvalue weighted by molar-refractivity contribution is 7.07. The van der Waals surface area contributed by atoms with E-state index in [1.807, 2.05) is 16.8 Å². The summed E-state index contributed by atoms with van der Waals surface area (Å²) in [6, 6.07) is 7.11. The molecule has 1 heterocycles. The van der Waals surface area contributed by atoms with E-state index in [0.29, 0.717) is 23.7 Å². The van der Waals surface area contributed by atoms with Gasteiger partial charge in [0, 0.05) is 5.56 Å². The van der Waals surface area contributed by atoms with Crippen LogP contribution in [0.15, 0.2) is 35.0 Å². The zero-order chi connectivity index (χ0) is 12.1. The second-order valence-electron chi connectivity index (χ2n) is 3.45. The predicted molar refractivity (Wildman–Crippen MR) is 67.0 cm³/mol. The van der Waals surface area contributed by atoms with E-state index in [-0.39, 0.29) is 0 Å². The van der Waals surface area contributed by atoms with Gasteiger partial charge in [-0.25, -0.2) is 0 Å². The molecule has 0 aliphatic rings. The Balaban J connectivity index is 2.15. The number of benzene rings is 1. The third-order valence-electron chi connectivity index (χ3n) is 2.30. The Labute approximate surface area is 104 Å². The lowest BCUT2D eigenvalue weighted by molar-refractivity contribution is 0.112. The van der Waals surface area contributed by atoms with Crippen molar-refractivity contribution in [2.45, 2.75) is 6.61 Å². The normalized spacial score (nSPS) is 9.94. The summed E-state index contributed by atoms with van der Waals surface area (Å²) in [4.78, 5) is 10.7. The molecule has 0 saturated carbocycles. The molecular formula is C13H12O3S. The van der Waals surface area contributed by atoms with Crippen LogP contribution in [-0.4, -0.2) is 13.4 Å². The van der Waals surface area contributed by atoms with Crippen LogP contribution in [0.3, 0.4) is 0 Å². The van der Waals surface area contributed by atoms with Crippen molar-refractivity contribution in [2.75, 3.05) is 7.11 Å². The summed E-state index contributed by atoms with van der Waals surface area (Å²) in [6.45, 7) is 0.474. The monoisotopic (exact) mass is 248 g/mol. The van der Waals surface area contributed by atoms with Gasteiger partial charge in [0.1, 0.15) is 12.9 Å². The molecular weight excluding hydrogens is 236 g/mol. The molecule has 88 valence electrons. The van der Waals surface area contributed by atoms with Crippen LogP contribution in [-0.2, 0) is 6.61 Å². The molecule has 0 amide bonds. The fourth-order valence-corrected chi connectivity index (χ4v) is 2.07. The molecule has 0 bridgehead atoms. The SMILES string of the molecule is COc1ccc(C=O)cc1OCc1ccsc1. The second-order valence-corrected chi connectivity index (χ2v) is 4.23. The highest BCUT2D eigenvalue weighted by atomic mass is 32.1. The summed E-state index contributed by atoms with van der Waals surface area (Å²) in [7, 11) is 1.58. The Morgan fingerprint density at radius 3 is 2.82 bits per heavy atom. The van der Waals surface area contributed by atoms with Crippen LogP contribution in [0.5, 0.6) is 11.5 Å². The van der Waals surface area contributed by atoms with E-state index >= 15 is 0 Å². The number of methoxy groups -OCH3 is 1. The Morgan fingerprint density at radius 2 is 2.18 bits per heavy atom. The summed E-state index contributed by atoms with van der Waals surface area (Å²) < 4.78 is 10.8. The quantitative estimate of drug-likeness (QED) is 0.762. The van der Waals surface area contributed by atoms with Crippen LogP contribution < -0.4 is 9.47 Å². The standard InChI is InChI=1S/C13H12O3S/c1-15-12-3-2-10(7-14)6-13(12)16-8-11-4-5-17-9-11/h2-7,9H,8H2,1H3. The lowest BCUT2D eigenvalue weighted by Crippen LogP contribution is -1.97. The molecule has 0 saturated heterocycles. The van der Waals surface area contributed by atoms with Crippen molar-refractivity contribution in [1.82, 2.24) is 0 Å². The van der Waals surface area contributed by atoms with Gasteiger partial charge in [-0.05, 0) is 40.6 Å². The van der Waals surface area contributed by atoms with Crippen molar-refractivity contribution in [1.29, 1.82) is 0 Å². The van der Waals surface area contributed by atoms with Crippen LogP contribution in [0, 0.1) is 0 Å². The van der Waals surface area contributed by atoms with Gasteiger partial charge >= 0.3 is 0 Å². The first-order valence-electron chi connectivity index (χ1n) is 5.10. The van der Waals surface area contributed by atoms with Crippen molar-refractivity contribution in [3.63, 3.8) is 0 Å². The fraction of sp³-hybridized carbons (Fsp3) is 0.154. The topological polar surface area (TPSA) is 35.5 Å². The van der Waals surface area contributed by atoms with Crippen molar-refractivity contribution in [3.8, 4) is 11.5 Å². The van der Waals surface area contributed by atoms with Gasteiger partial charge in [0.25, 0.3) is 0 Å². The molecule has 0 aliphatic carbocycles. The Hall–Kier alpha value is -1.81. The average Bonchev–Trinajstić information content (AvgIpc) is 2.89. The maximum absolute atomic E-state index is 10.7. The maximum atomic E-state index is 10.7. The van der Waals surface area contributed by atoms with Crippen LogP contribution in [0.4, 0.5) is 0 Å². The third-order valence-corrected chi connectivity index (χ3v) is 3.03. The molecule has 3 nitrogen and oxygen atoms in total. The minimum absolute atomic E-state index is 0.474. The van der Waals surface area contributed by atoms with Crippen LogP contribution in [0.1, 0.15) is 15.9 Å². The van der Waals surface area contributed by atoms with Gasteiger partial charge < -0.3 is 9.47 Å². The van der Waals surface area contributed by atoms with Gasteiger partial charge in [0.2, 0.25) is 0 Å².